The minimum atomic E-state index is -4.58. The molecular formula is C14H13F3N4O2S. The average Bonchev–Trinajstić information content (AvgIpc) is 2.50. The number of aromatic amines is 1. The maximum atomic E-state index is 12.9. The zero-order valence-electron chi connectivity index (χ0n) is 12.6. The summed E-state index contributed by atoms with van der Waals surface area (Å²) in [6.45, 7) is 2.96. The van der Waals surface area contributed by atoms with Gasteiger partial charge in [-0.1, -0.05) is 23.9 Å². The van der Waals surface area contributed by atoms with E-state index in [1.54, 1.807) is 0 Å². The quantitative estimate of drug-likeness (QED) is 0.821. The van der Waals surface area contributed by atoms with Crippen LogP contribution in [0.3, 0.4) is 0 Å². The van der Waals surface area contributed by atoms with Crippen LogP contribution in [0.15, 0.2) is 34.2 Å². The van der Waals surface area contributed by atoms with Crippen molar-refractivity contribution in [2.75, 3.05) is 5.32 Å². The Morgan fingerprint density at radius 1 is 1.29 bits per heavy atom. The average molecular weight is 358 g/mol. The van der Waals surface area contributed by atoms with Crippen molar-refractivity contribution in [3.8, 4) is 0 Å². The molecule has 1 atom stereocenters. The Labute approximate surface area is 138 Å². The van der Waals surface area contributed by atoms with E-state index in [1.165, 1.54) is 32.0 Å². The van der Waals surface area contributed by atoms with E-state index >= 15 is 0 Å². The summed E-state index contributed by atoms with van der Waals surface area (Å²) in [5, 5.41) is 8.91. The standard InChI is InChI=1S/C14H13F3N4O2S/c1-7-11(22)19-13(21-20-7)24-8(2)12(23)18-10-6-4-3-5-9(10)14(15,16)17/h3-6,8H,1-2H3,(H,18,23)(H,19,21,22)/t8-/m0/s1. The highest BCUT2D eigenvalue weighted by Crippen LogP contribution is 2.34. The molecule has 1 amide bonds. The van der Waals surface area contributed by atoms with E-state index < -0.39 is 28.5 Å². The molecule has 2 rings (SSSR count). The van der Waals surface area contributed by atoms with Crippen LogP contribution in [0.25, 0.3) is 0 Å². The van der Waals surface area contributed by atoms with Gasteiger partial charge in [-0.15, -0.1) is 10.2 Å². The number of nitrogens with one attached hydrogen (secondary N) is 2. The summed E-state index contributed by atoms with van der Waals surface area (Å²) in [7, 11) is 0. The van der Waals surface area contributed by atoms with Crippen molar-refractivity contribution in [1.29, 1.82) is 0 Å². The maximum absolute atomic E-state index is 12.9. The third-order valence-electron chi connectivity index (χ3n) is 2.99. The van der Waals surface area contributed by atoms with E-state index in [9.17, 15) is 22.8 Å². The largest absolute Gasteiger partial charge is 0.418 e. The molecule has 1 aromatic carbocycles. The molecule has 2 N–H and O–H groups in total. The summed E-state index contributed by atoms with van der Waals surface area (Å²) in [5.74, 6) is -0.653. The van der Waals surface area contributed by atoms with E-state index in [2.05, 4.69) is 20.5 Å². The number of alkyl halides is 3. The van der Waals surface area contributed by atoms with Crippen LogP contribution in [-0.4, -0.2) is 26.3 Å². The van der Waals surface area contributed by atoms with Gasteiger partial charge in [-0.3, -0.25) is 14.6 Å². The first kappa shape index (κ1) is 18.0. The number of thioether (sulfide) groups is 1. The Balaban J connectivity index is 2.12. The number of aromatic nitrogens is 3. The second-order valence-corrected chi connectivity index (χ2v) is 6.17. The van der Waals surface area contributed by atoms with E-state index in [4.69, 9.17) is 0 Å². The molecule has 0 saturated carbocycles. The predicted molar refractivity (Wildman–Crippen MR) is 82.8 cm³/mol. The molecule has 0 saturated heterocycles. The number of para-hydroxylation sites is 1. The van der Waals surface area contributed by atoms with Crippen LogP contribution in [0, 0.1) is 6.92 Å². The van der Waals surface area contributed by atoms with Crippen LogP contribution in [-0.2, 0) is 11.0 Å². The molecule has 1 heterocycles. The molecule has 128 valence electrons. The van der Waals surface area contributed by atoms with Crippen LogP contribution >= 0.6 is 11.8 Å². The highest BCUT2D eigenvalue weighted by molar-refractivity contribution is 8.00. The lowest BCUT2D eigenvalue weighted by Gasteiger charge is -2.15. The third-order valence-corrected chi connectivity index (χ3v) is 3.96. The van der Waals surface area contributed by atoms with Crippen molar-refractivity contribution >= 4 is 23.4 Å². The van der Waals surface area contributed by atoms with Crippen LogP contribution in [0.2, 0.25) is 0 Å². The number of hydrogen-bond acceptors (Lipinski definition) is 5. The highest BCUT2D eigenvalue weighted by atomic mass is 32.2. The number of benzene rings is 1. The fourth-order valence-corrected chi connectivity index (χ4v) is 2.47. The second kappa shape index (κ2) is 7.04. The summed E-state index contributed by atoms with van der Waals surface area (Å²) in [6, 6.07) is 4.69. The van der Waals surface area contributed by atoms with Crippen LogP contribution in [0.1, 0.15) is 18.2 Å². The Morgan fingerprint density at radius 2 is 1.96 bits per heavy atom. The van der Waals surface area contributed by atoms with Crippen LogP contribution < -0.4 is 10.9 Å². The van der Waals surface area contributed by atoms with Crippen molar-refractivity contribution in [2.45, 2.75) is 30.4 Å². The zero-order chi connectivity index (χ0) is 17.9. The molecule has 0 aliphatic heterocycles. The van der Waals surface area contributed by atoms with E-state index in [0.717, 1.165) is 17.8 Å². The number of aryl methyl sites for hydroxylation is 1. The van der Waals surface area contributed by atoms with Crippen molar-refractivity contribution in [3.05, 3.63) is 45.9 Å². The number of nitrogens with zero attached hydrogens (tertiary/aromatic N) is 2. The SMILES string of the molecule is Cc1nnc(S[C@@H](C)C(=O)Nc2ccccc2C(F)(F)F)[nH]c1=O. The van der Waals surface area contributed by atoms with Crippen molar-refractivity contribution < 1.29 is 18.0 Å². The Morgan fingerprint density at radius 3 is 2.58 bits per heavy atom. The number of carbonyl (C=O) groups is 1. The topological polar surface area (TPSA) is 87.7 Å². The molecule has 0 bridgehead atoms. The monoisotopic (exact) mass is 358 g/mol. The summed E-state index contributed by atoms with van der Waals surface area (Å²) >= 11 is 0.885. The Bertz CT molecular complexity index is 807. The molecule has 0 aliphatic rings. The van der Waals surface area contributed by atoms with Crippen LogP contribution in [0.4, 0.5) is 18.9 Å². The molecule has 6 nitrogen and oxygen atoms in total. The van der Waals surface area contributed by atoms with Gasteiger partial charge in [0.2, 0.25) is 5.91 Å². The van der Waals surface area contributed by atoms with E-state index in [1.807, 2.05) is 0 Å². The number of halogens is 3. The van der Waals surface area contributed by atoms with Gasteiger partial charge in [0.15, 0.2) is 5.16 Å². The molecule has 0 aliphatic carbocycles. The van der Waals surface area contributed by atoms with Gasteiger partial charge in [-0.25, -0.2) is 0 Å². The molecular weight excluding hydrogens is 345 g/mol. The fraction of sp³-hybridized carbons (Fsp3) is 0.286. The fourth-order valence-electron chi connectivity index (χ4n) is 1.73. The van der Waals surface area contributed by atoms with Gasteiger partial charge >= 0.3 is 6.18 Å². The van der Waals surface area contributed by atoms with Gasteiger partial charge in [-0.2, -0.15) is 13.2 Å². The first-order valence-corrected chi connectivity index (χ1v) is 7.64. The minimum Gasteiger partial charge on any atom is -0.325 e. The molecule has 0 radical (unpaired) electrons. The van der Waals surface area contributed by atoms with Gasteiger partial charge in [0.1, 0.15) is 5.69 Å². The lowest BCUT2D eigenvalue weighted by Crippen LogP contribution is -2.25. The summed E-state index contributed by atoms with van der Waals surface area (Å²) in [5.41, 5.74) is -1.52. The van der Waals surface area contributed by atoms with Crippen molar-refractivity contribution in [3.63, 3.8) is 0 Å². The first-order valence-electron chi connectivity index (χ1n) is 6.76. The zero-order valence-corrected chi connectivity index (χ0v) is 13.5. The Kier molecular flexibility index (Phi) is 5.27. The summed E-state index contributed by atoms with van der Waals surface area (Å²) < 4.78 is 38.7. The number of carbonyl (C=O) groups excluding carboxylic acids is 1. The number of H-pyrrole nitrogens is 1. The molecule has 0 unspecified atom stereocenters. The van der Waals surface area contributed by atoms with Crippen molar-refractivity contribution in [2.24, 2.45) is 0 Å². The molecule has 10 heteroatoms. The highest BCUT2D eigenvalue weighted by Gasteiger charge is 2.33. The van der Waals surface area contributed by atoms with Gasteiger partial charge < -0.3 is 5.32 Å². The second-order valence-electron chi connectivity index (χ2n) is 4.84. The molecule has 2 aromatic rings. The molecule has 1 aromatic heterocycles. The lowest BCUT2D eigenvalue weighted by molar-refractivity contribution is -0.137. The molecule has 0 fully saturated rings. The molecule has 24 heavy (non-hydrogen) atoms. The number of hydrogen-bond donors (Lipinski definition) is 2. The van der Waals surface area contributed by atoms with Gasteiger partial charge in [0.25, 0.3) is 5.56 Å². The molecule has 0 spiro atoms. The third kappa shape index (κ3) is 4.34. The van der Waals surface area contributed by atoms with Gasteiger partial charge in [0, 0.05) is 0 Å². The summed E-state index contributed by atoms with van der Waals surface area (Å²) in [6.07, 6.45) is -4.58. The van der Waals surface area contributed by atoms with Crippen molar-refractivity contribution in [1.82, 2.24) is 15.2 Å². The number of anilines is 1. The normalized spacial score (nSPS) is 12.7. The van der Waals surface area contributed by atoms with E-state index in [0.29, 0.717) is 0 Å². The lowest BCUT2D eigenvalue weighted by atomic mass is 10.1. The number of rotatable bonds is 4. The predicted octanol–water partition coefficient (Wildman–Crippen LogP) is 2.61. The minimum absolute atomic E-state index is 0.109. The van der Waals surface area contributed by atoms with Crippen LogP contribution in [0.5, 0.6) is 0 Å². The van der Waals surface area contributed by atoms with E-state index in [-0.39, 0.29) is 16.5 Å². The summed E-state index contributed by atoms with van der Waals surface area (Å²) in [4.78, 5) is 26.0. The van der Waals surface area contributed by atoms with Gasteiger partial charge in [-0.05, 0) is 26.0 Å². The smallest absolute Gasteiger partial charge is 0.325 e. The Hall–Kier alpha value is -2.36. The number of amides is 1. The van der Waals surface area contributed by atoms with Gasteiger partial charge in [0.05, 0.1) is 16.5 Å². The maximum Gasteiger partial charge on any atom is 0.418 e. The first-order chi connectivity index (χ1) is 11.2.